The maximum atomic E-state index is 14.4. The summed E-state index contributed by atoms with van der Waals surface area (Å²) in [7, 11) is -4.08. The lowest BCUT2D eigenvalue weighted by molar-refractivity contribution is 0.111. The lowest BCUT2D eigenvalue weighted by Gasteiger charge is -2.10. The molecule has 0 unspecified atom stereocenters. The molecule has 4 nitrogen and oxygen atoms in total. The van der Waals surface area contributed by atoms with Crippen molar-refractivity contribution in [2.75, 3.05) is 0 Å². The Morgan fingerprint density at radius 3 is 2.41 bits per heavy atom. The van der Waals surface area contributed by atoms with E-state index < -0.39 is 15.8 Å². The van der Waals surface area contributed by atoms with Crippen molar-refractivity contribution in [1.29, 1.82) is 0 Å². The maximum absolute atomic E-state index is 14.4. The summed E-state index contributed by atoms with van der Waals surface area (Å²) in [5.74, 6) is -0.731. The largest absolute Gasteiger partial charge is 0.296 e. The third-order valence-corrected chi connectivity index (χ3v) is 5.60. The average molecular weight is 382 g/mol. The Hall–Kier alpha value is -1.99. The van der Waals surface area contributed by atoms with Crippen LogP contribution in [-0.4, -0.2) is 18.7 Å². The second kappa shape index (κ2) is 5.33. The Balaban J connectivity index is 2.45. The van der Waals surface area contributed by atoms with Crippen molar-refractivity contribution in [2.45, 2.75) is 4.90 Å². The Bertz CT molecular complexity index is 981. The minimum atomic E-state index is -4.08. The van der Waals surface area contributed by atoms with Gasteiger partial charge in [-0.05, 0) is 40.2 Å². The summed E-state index contributed by atoms with van der Waals surface area (Å²) < 4.78 is 40.8. The highest BCUT2D eigenvalue weighted by Crippen LogP contribution is 2.30. The first kappa shape index (κ1) is 14.9. The summed E-state index contributed by atoms with van der Waals surface area (Å²) in [6, 6.07) is 11.9. The van der Waals surface area contributed by atoms with Crippen LogP contribution in [0.15, 0.2) is 57.9 Å². The highest BCUT2D eigenvalue weighted by atomic mass is 79.9. The minimum absolute atomic E-state index is 0.0185. The molecule has 112 valence electrons. The van der Waals surface area contributed by atoms with Crippen LogP contribution in [0.1, 0.15) is 10.5 Å². The van der Waals surface area contributed by atoms with Gasteiger partial charge in [-0.25, -0.2) is 16.8 Å². The van der Waals surface area contributed by atoms with Gasteiger partial charge in [-0.1, -0.05) is 24.3 Å². The van der Waals surface area contributed by atoms with Crippen molar-refractivity contribution in [3.8, 4) is 0 Å². The molecule has 0 bridgehead atoms. The van der Waals surface area contributed by atoms with Gasteiger partial charge in [-0.15, -0.1) is 0 Å². The van der Waals surface area contributed by atoms with Gasteiger partial charge in [0.1, 0.15) is 5.52 Å². The van der Waals surface area contributed by atoms with Gasteiger partial charge in [0, 0.05) is 5.39 Å². The Morgan fingerprint density at radius 2 is 1.77 bits per heavy atom. The molecule has 0 radical (unpaired) electrons. The third-order valence-electron chi connectivity index (χ3n) is 3.24. The van der Waals surface area contributed by atoms with Crippen molar-refractivity contribution in [2.24, 2.45) is 0 Å². The van der Waals surface area contributed by atoms with Crippen molar-refractivity contribution in [1.82, 2.24) is 3.97 Å². The summed E-state index contributed by atoms with van der Waals surface area (Å²) in [6.07, 6.45) is 0.397. The first-order valence-corrected chi connectivity index (χ1v) is 8.45. The zero-order valence-electron chi connectivity index (χ0n) is 11.0. The molecule has 3 rings (SSSR count). The van der Waals surface area contributed by atoms with Crippen LogP contribution in [0.4, 0.5) is 4.39 Å². The second-order valence-electron chi connectivity index (χ2n) is 4.57. The molecule has 0 aliphatic rings. The molecule has 0 atom stereocenters. The first-order chi connectivity index (χ1) is 10.5. The molecule has 0 aliphatic heterocycles. The van der Waals surface area contributed by atoms with E-state index in [9.17, 15) is 17.6 Å². The molecule has 2 aromatic carbocycles. The van der Waals surface area contributed by atoms with E-state index in [0.717, 1.165) is 3.97 Å². The van der Waals surface area contributed by atoms with Gasteiger partial charge in [0.2, 0.25) is 0 Å². The van der Waals surface area contributed by atoms with E-state index in [1.54, 1.807) is 24.3 Å². The number of hydrogen-bond acceptors (Lipinski definition) is 3. The number of carbonyl (C=O) groups excluding carboxylic acids is 1. The third kappa shape index (κ3) is 2.17. The zero-order chi connectivity index (χ0) is 15.9. The van der Waals surface area contributed by atoms with Crippen molar-refractivity contribution < 1.29 is 17.6 Å². The molecule has 3 aromatic rings. The van der Waals surface area contributed by atoms with Gasteiger partial charge in [-0.2, -0.15) is 0 Å². The van der Waals surface area contributed by atoms with E-state index in [1.807, 2.05) is 0 Å². The SMILES string of the molecule is O=Cc1cc2ccc(Br)c(F)c2n1S(=O)(=O)c1ccccc1. The summed E-state index contributed by atoms with van der Waals surface area (Å²) >= 11 is 3.03. The molecule has 1 aromatic heterocycles. The van der Waals surface area contributed by atoms with Gasteiger partial charge >= 0.3 is 0 Å². The molecule has 0 fully saturated rings. The number of fused-ring (bicyclic) bond motifs is 1. The van der Waals surface area contributed by atoms with Gasteiger partial charge < -0.3 is 0 Å². The number of nitrogens with zero attached hydrogens (tertiary/aromatic N) is 1. The van der Waals surface area contributed by atoms with Crippen LogP contribution in [0.25, 0.3) is 10.9 Å². The molecule has 0 spiro atoms. The summed E-state index contributed by atoms with van der Waals surface area (Å²) in [5, 5.41) is 0.335. The van der Waals surface area contributed by atoms with Crippen LogP contribution < -0.4 is 0 Å². The number of carbonyl (C=O) groups is 1. The van der Waals surface area contributed by atoms with E-state index in [2.05, 4.69) is 15.9 Å². The van der Waals surface area contributed by atoms with E-state index in [0.29, 0.717) is 11.7 Å². The van der Waals surface area contributed by atoms with E-state index in [-0.39, 0.29) is 20.6 Å². The number of aldehydes is 1. The van der Waals surface area contributed by atoms with Crippen LogP contribution in [0.3, 0.4) is 0 Å². The van der Waals surface area contributed by atoms with E-state index >= 15 is 0 Å². The fourth-order valence-electron chi connectivity index (χ4n) is 2.26. The molecule has 0 amide bonds. The molecular weight excluding hydrogens is 373 g/mol. The summed E-state index contributed by atoms with van der Waals surface area (Å²) in [6.45, 7) is 0. The Morgan fingerprint density at radius 1 is 1.09 bits per heavy atom. The highest BCUT2D eigenvalue weighted by Gasteiger charge is 2.25. The van der Waals surface area contributed by atoms with Crippen LogP contribution in [0.5, 0.6) is 0 Å². The first-order valence-electron chi connectivity index (χ1n) is 6.22. The smallest absolute Gasteiger partial charge is 0.268 e. The zero-order valence-corrected chi connectivity index (χ0v) is 13.4. The number of hydrogen-bond donors (Lipinski definition) is 0. The molecule has 0 saturated carbocycles. The topological polar surface area (TPSA) is 56.1 Å². The molecule has 7 heteroatoms. The predicted octanol–water partition coefficient (Wildman–Crippen LogP) is 3.59. The normalized spacial score (nSPS) is 11.7. The monoisotopic (exact) mass is 381 g/mol. The van der Waals surface area contributed by atoms with Crippen LogP contribution >= 0.6 is 15.9 Å². The number of aromatic nitrogens is 1. The second-order valence-corrected chi connectivity index (χ2v) is 7.21. The fraction of sp³-hybridized carbons (Fsp3) is 0. The van der Waals surface area contributed by atoms with Crippen molar-refractivity contribution in [3.05, 3.63) is 64.5 Å². The molecule has 0 N–H and O–H groups in total. The van der Waals surface area contributed by atoms with Crippen molar-refractivity contribution in [3.63, 3.8) is 0 Å². The molecule has 1 heterocycles. The molecule has 22 heavy (non-hydrogen) atoms. The quantitative estimate of drug-likeness (QED) is 0.651. The van der Waals surface area contributed by atoms with Gasteiger partial charge in [-0.3, -0.25) is 4.79 Å². The molecule has 0 saturated heterocycles. The Kier molecular flexibility index (Phi) is 3.62. The number of benzene rings is 2. The average Bonchev–Trinajstić information content (AvgIpc) is 2.92. The van der Waals surface area contributed by atoms with Gasteiger partial charge in [0.05, 0.1) is 15.1 Å². The standard InChI is InChI=1S/C15H9BrFNO3S/c16-13-7-6-10-8-11(9-19)18(15(10)14(13)17)22(20,21)12-4-2-1-3-5-12/h1-9H. The summed E-state index contributed by atoms with van der Waals surface area (Å²) in [4.78, 5) is 11.2. The van der Waals surface area contributed by atoms with Crippen molar-refractivity contribution >= 4 is 43.1 Å². The van der Waals surface area contributed by atoms with Crippen LogP contribution in [0, 0.1) is 5.82 Å². The van der Waals surface area contributed by atoms with Gasteiger partial charge in [0.25, 0.3) is 10.0 Å². The maximum Gasteiger partial charge on any atom is 0.268 e. The van der Waals surface area contributed by atoms with Crippen LogP contribution in [0.2, 0.25) is 0 Å². The minimum Gasteiger partial charge on any atom is -0.296 e. The fourth-order valence-corrected chi connectivity index (χ4v) is 4.09. The predicted molar refractivity (Wildman–Crippen MR) is 84.0 cm³/mol. The van der Waals surface area contributed by atoms with E-state index in [4.69, 9.17) is 0 Å². The number of rotatable bonds is 3. The lowest BCUT2D eigenvalue weighted by Crippen LogP contribution is -2.16. The summed E-state index contributed by atoms with van der Waals surface area (Å²) in [5.41, 5.74) is -0.281. The number of halogens is 2. The Labute approximate surface area is 134 Å². The lowest BCUT2D eigenvalue weighted by atomic mass is 10.2. The van der Waals surface area contributed by atoms with E-state index in [1.165, 1.54) is 24.3 Å². The van der Waals surface area contributed by atoms with Gasteiger partial charge in [0.15, 0.2) is 12.1 Å². The highest BCUT2D eigenvalue weighted by molar-refractivity contribution is 9.10. The molecular formula is C15H9BrFNO3S. The van der Waals surface area contributed by atoms with Crippen LogP contribution in [-0.2, 0) is 10.0 Å². The molecule has 0 aliphatic carbocycles.